The van der Waals surface area contributed by atoms with Crippen LogP contribution in [0.3, 0.4) is 0 Å². The van der Waals surface area contributed by atoms with Crippen LogP contribution in [-0.2, 0) is 11.3 Å². The van der Waals surface area contributed by atoms with Crippen molar-refractivity contribution in [1.29, 1.82) is 0 Å². The summed E-state index contributed by atoms with van der Waals surface area (Å²) in [4.78, 5) is 14.3. The largest absolute Gasteiger partial charge is 0.351 e. The first kappa shape index (κ1) is 21.2. The lowest BCUT2D eigenvalue weighted by Crippen LogP contribution is -2.48. The zero-order valence-electron chi connectivity index (χ0n) is 13.2. The van der Waals surface area contributed by atoms with E-state index in [1.165, 1.54) is 5.56 Å². The maximum atomic E-state index is 12.0. The minimum Gasteiger partial charge on any atom is -0.351 e. The van der Waals surface area contributed by atoms with Gasteiger partial charge in [-0.05, 0) is 17.9 Å². The Balaban J connectivity index is 0.00000220. The summed E-state index contributed by atoms with van der Waals surface area (Å²) in [7, 11) is 0. The molecule has 126 valence electrons. The van der Waals surface area contributed by atoms with Crippen molar-refractivity contribution in [3.8, 4) is 0 Å². The molecule has 1 aliphatic heterocycles. The van der Waals surface area contributed by atoms with E-state index in [0.717, 1.165) is 26.1 Å². The van der Waals surface area contributed by atoms with Crippen LogP contribution in [0.5, 0.6) is 0 Å². The number of rotatable bonds is 5. The van der Waals surface area contributed by atoms with E-state index in [2.05, 4.69) is 34.5 Å². The number of amides is 1. The highest BCUT2D eigenvalue weighted by atomic mass is 35.5. The Labute approximate surface area is 145 Å². The van der Waals surface area contributed by atoms with Crippen LogP contribution >= 0.6 is 24.8 Å². The highest BCUT2D eigenvalue weighted by molar-refractivity contribution is 5.85. The molecule has 1 aromatic carbocycles. The molecule has 1 aromatic rings. The fraction of sp³-hybridized carbons (Fsp3) is 0.562. The molecule has 0 saturated carbocycles. The predicted molar refractivity (Wildman–Crippen MR) is 95.6 cm³/mol. The third-order valence-corrected chi connectivity index (χ3v) is 3.89. The van der Waals surface area contributed by atoms with Gasteiger partial charge in [-0.2, -0.15) is 0 Å². The minimum absolute atomic E-state index is 0. The number of carbonyl (C=O) groups is 1. The van der Waals surface area contributed by atoms with E-state index < -0.39 is 6.04 Å². The van der Waals surface area contributed by atoms with E-state index in [0.29, 0.717) is 0 Å². The van der Waals surface area contributed by atoms with E-state index in [1.807, 2.05) is 19.9 Å². The van der Waals surface area contributed by atoms with E-state index in [4.69, 9.17) is 5.73 Å². The first-order valence-electron chi connectivity index (χ1n) is 7.38. The van der Waals surface area contributed by atoms with Crippen molar-refractivity contribution in [3.63, 3.8) is 0 Å². The second-order valence-electron chi connectivity index (χ2n) is 5.98. The summed E-state index contributed by atoms with van der Waals surface area (Å²) in [5.74, 6) is 0.156. The second kappa shape index (κ2) is 10.1. The lowest BCUT2D eigenvalue weighted by molar-refractivity contribution is -0.123. The van der Waals surface area contributed by atoms with Crippen molar-refractivity contribution < 1.29 is 4.79 Å². The smallest absolute Gasteiger partial charge is 0.237 e. The maximum Gasteiger partial charge on any atom is 0.237 e. The monoisotopic (exact) mass is 347 g/mol. The summed E-state index contributed by atoms with van der Waals surface area (Å²) in [6.07, 6.45) is 1.00. The Bertz CT molecular complexity index is 442. The molecule has 1 fully saturated rings. The average molecular weight is 348 g/mol. The number of hydrogen-bond donors (Lipinski definition) is 2. The Hall–Kier alpha value is -0.810. The Kier molecular flexibility index (Phi) is 9.69. The van der Waals surface area contributed by atoms with Gasteiger partial charge in [-0.25, -0.2) is 0 Å². The fourth-order valence-electron chi connectivity index (χ4n) is 2.54. The molecular weight excluding hydrogens is 321 g/mol. The summed E-state index contributed by atoms with van der Waals surface area (Å²) in [6, 6.07) is 10.3. The Morgan fingerprint density at radius 1 is 1.32 bits per heavy atom. The molecule has 0 aliphatic carbocycles. The summed E-state index contributed by atoms with van der Waals surface area (Å²) >= 11 is 0. The topological polar surface area (TPSA) is 58.4 Å². The zero-order chi connectivity index (χ0) is 14.5. The lowest BCUT2D eigenvalue weighted by Gasteiger charge is -2.20. The first-order valence-corrected chi connectivity index (χ1v) is 7.38. The van der Waals surface area contributed by atoms with Crippen molar-refractivity contribution in [2.75, 3.05) is 13.1 Å². The van der Waals surface area contributed by atoms with Gasteiger partial charge in [0.15, 0.2) is 0 Å². The fourth-order valence-corrected chi connectivity index (χ4v) is 2.54. The number of nitrogens with zero attached hydrogens (tertiary/aromatic N) is 1. The van der Waals surface area contributed by atoms with E-state index in [9.17, 15) is 4.79 Å². The first-order chi connectivity index (χ1) is 9.56. The number of halogens is 2. The molecule has 22 heavy (non-hydrogen) atoms. The van der Waals surface area contributed by atoms with Crippen molar-refractivity contribution >= 4 is 30.7 Å². The highest BCUT2D eigenvalue weighted by Crippen LogP contribution is 2.13. The van der Waals surface area contributed by atoms with Gasteiger partial charge in [0.05, 0.1) is 6.04 Å². The van der Waals surface area contributed by atoms with Crippen LogP contribution in [0.15, 0.2) is 30.3 Å². The van der Waals surface area contributed by atoms with Gasteiger partial charge in [0, 0.05) is 25.7 Å². The summed E-state index contributed by atoms with van der Waals surface area (Å²) in [6.45, 7) is 6.83. The molecule has 2 rings (SSSR count). The normalized spacial score (nSPS) is 19.2. The summed E-state index contributed by atoms with van der Waals surface area (Å²) < 4.78 is 0. The molecule has 0 spiro atoms. The van der Waals surface area contributed by atoms with Crippen LogP contribution in [0.4, 0.5) is 0 Å². The summed E-state index contributed by atoms with van der Waals surface area (Å²) in [5.41, 5.74) is 7.19. The van der Waals surface area contributed by atoms with Gasteiger partial charge in [0.2, 0.25) is 5.91 Å². The van der Waals surface area contributed by atoms with E-state index in [1.54, 1.807) is 0 Å². The maximum absolute atomic E-state index is 12.0. The predicted octanol–water partition coefficient (Wildman–Crippen LogP) is 2.20. The molecule has 0 aromatic heterocycles. The Morgan fingerprint density at radius 3 is 2.55 bits per heavy atom. The third-order valence-electron chi connectivity index (χ3n) is 3.89. The van der Waals surface area contributed by atoms with E-state index in [-0.39, 0.29) is 42.7 Å². The molecule has 1 heterocycles. The van der Waals surface area contributed by atoms with Crippen molar-refractivity contribution in [2.24, 2.45) is 11.7 Å². The molecule has 4 nitrogen and oxygen atoms in total. The van der Waals surface area contributed by atoms with Gasteiger partial charge >= 0.3 is 0 Å². The molecule has 1 unspecified atom stereocenters. The van der Waals surface area contributed by atoms with Gasteiger partial charge in [-0.15, -0.1) is 24.8 Å². The summed E-state index contributed by atoms with van der Waals surface area (Å²) in [5, 5.41) is 3.07. The van der Waals surface area contributed by atoms with Gasteiger partial charge in [0.25, 0.3) is 0 Å². The van der Waals surface area contributed by atoms with Crippen LogP contribution in [-0.4, -0.2) is 36.0 Å². The van der Waals surface area contributed by atoms with Crippen molar-refractivity contribution in [1.82, 2.24) is 10.2 Å². The molecule has 3 N–H and O–H groups in total. The minimum atomic E-state index is -0.404. The Morgan fingerprint density at radius 2 is 1.95 bits per heavy atom. The number of benzene rings is 1. The van der Waals surface area contributed by atoms with Gasteiger partial charge in [-0.3, -0.25) is 9.69 Å². The van der Waals surface area contributed by atoms with Crippen LogP contribution in [0.1, 0.15) is 25.8 Å². The molecule has 1 amide bonds. The van der Waals surface area contributed by atoms with Crippen LogP contribution in [0.25, 0.3) is 0 Å². The number of carbonyl (C=O) groups excluding carboxylic acids is 1. The second-order valence-corrected chi connectivity index (χ2v) is 5.98. The molecule has 0 radical (unpaired) electrons. The average Bonchev–Trinajstić information content (AvgIpc) is 2.86. The van der Waals surface area contributed by atoms with E-state index >= 15 is 0 Å². The third kappa shape index (κ3) is 6.13. The lowest BCUT2D eigenvalue weighted by atomic mass is 10.0. The standard InChI is InChI=1S/C16H25N3O.2ClH/c1-12(2)15(17)16(20)18-14-8-9-19(11-14)10-13-6-4-3-5-7-13;;/h3-7,12,14-15H,8-11,17H2,1-2H3,(H,18,20);2*1H/t14?,15-;;/m1../s1. The molecule has 2 atom stereocenters. The molecule has 6 heteroatoms. The van der Waals surface area contributed by atoms with Crippen LogP contribution < -0.4 is 11.1 Å². The quantitative estimate of drug-likeness (QED) is 0.858. The molecule has 1 saturated heterocycles. The SMILES string of the molecule is CC(C)[C@@H](N)C(=O)NC1CCN(Cc2ccccc2)C1.Cl.Cl. The van der Waals surface area contributed by atoms with Crippen LogP contribution in [0, 0.1) is 5.92 Å². The number of nitrogens with one attached hydrogen (secondary N) is 1. The van der Waals surface area contributed by atoms with Crippen molar-refractivity contribution in [2.45, 2.75) is 38.9 Å². The van der Waals surface area contributed by atoms with Crippen LogP contribution in [0.2, 0.25) is 0 Å². The molecular formula is C16H27Cl2N3O. The number of hydrogen-bond acceptors (Lipinski definition) is 3. The highest BCUT2D eigenvalue weighted by Gasteiger charge is 2.26. The van der Waals surface area contributed by atoms with Crippen molar-refractivity contribution in [3.05, 3.63) is 35.9 Å². The number of nitrogens with two attached hydrogens (primary N) is 1. The molecule has 1 aliphatic rings. The van der Waals surface area contributed by atoms with Gasteiger partial charge < -0.3 is 11.1 Å². The number of likely N-dealkylation sites (tertiary alicyclic amines) is 1. The van der Waals surface area contributed by atoms with Gasteiger partial charge in [0.1, 0.15) is 0 Å². The zero-order valence-corrected chi connectivity index (χ0v) is 14.8. The molecule has 0 bridgehead atoms. The van der Waals surface area contributed by atoms with Gasteiger partial charge in [-0.1, -0.05) is 44.2 Å².